The van der Waals surface area contributed by atoms with E-state index in [1.807, 2.05) is 0 Å². The van der Waals surface area contributed by atoms with Crippen LogP contribution in [0.2, 0.25) is 0 Å². The lowest BCUT2D eigenvalue weighted by Gasteiger charge is -2.08. The summed E-state index contributed by atoms with van der Waals surface area (Å²) in [4.78, 5) is 0. The molecule has 0 atom stereocenters. The molecule has 0 saturated carbocycles. The minimum Gasteiger partial charge on any atom is -0.0664 e. The van der Waals surface area contributed by atoms with Crippen molar-refractivity contribution in [2.24, 2.45) is 0 Å². The summed E-state index contributed by atoms with van der Waals surface area (Å²) in [5, 5.41) is 0. The first-order chi connectivity index (χ1) is 19.0. The van der Waals surface area contributed by atoms with Crippen molar-refractivity contribution in [1.29, 1.82) is 0 Å². The number of hydrogen-bond acceptors (Lipinski definition) is 0. The zero-order valence-electron chi connectivity index (χ0n) is 26.2. The summed E-state index contributed by atoms with van der Waals surface area (Å²) in [7, 11) is 0. The van der Waals surface area contributed by atoms with Gasteiger partial charge in [-0.25, -0.2) is 0 Å². The van der Waals surface area contributed by atoms with Crippen LogP contribution in [0.5, 0.6) is 0 Å². The van der Waals surface area contributed by atoms with Crippen LogP contribution < -0.4 is 0 Å². The van der Waals surface area contributed by atoms with E-state index >= 15 is 0 Å². The molecule has 0 spiro atoms. The monoisotopic (exact) mass is 526 g/mol. The average molecular weight is 527 g/mol. The van der Waals surface area contributed by atoms with Crippen molar-refractivity contribution in [2.45, 2.75) is 69.2 Å². The first kappa shape index (κ1) is 32.1. The molecule has 0 heterocycles. The van der Waals surface area contributed by atoms with Gasteiger partial charge in [0.25, 0.3) is 0 Å². The molecule has 0 radical (unpaired) electrons. The van der Waals surface area contributed by atoms with Gasteiger partial charge in [0.05, 0.1) is 0 Å². The van der Waals surface area contributed by atoms with Gasteiger partial charge >= 0.3 is 0 Å². The maximum atomic E-state index is 3.35. The van der Waals surface area contributed by atoms with Gasteiger partial charge in [-0.05, 0) is 114 Å². The average Bonchev–Trinajstić information content (AvgIpc) is 2.91. The lowest BCUT2D eigenvalue weighted by Crippen LogP contribution is -1.91. The van der Waals surface area contributed by atoms with Gasteiger partial charge in [0.1, 0.15) is 0 Å². The molecule has 40 heavy (non-hydrogen) atoms. The van der Waals surface area contributed by atoms with E-state index in [0.29, 0.717) is 0 Å². The van der Waals surface area contributed by atoms with E-state index in [4.69, 9.17) is 0 Å². The Kier molecular flexibility index (Phi) is 13.0. The Balaban J connectivity index is 1.93. The van der Waals surface area contributed by atoms with E-state index in [1.54, 1.807) is 0 Å². The van der Waals surface area contributed by atoms with Crippen LogP contribution in [0, 0.1) is 53.4 Å². The quantitative estimate of drug-likeness (QED) is 0.237. The predicted molar refractivity (Wildman–Crippen MR) is 180 cm³/mol. The number of benzene rings is 2. The zero-order valence-corrected chi connectivity index (χ0v) is 26.2. The fraction of sp³-hybridized carbons (Fsp3) is 0.250. The van der Waals surface area contributed by atoms with Crippen LogP contribution in [-0.2, 0) is 0 Å². The Morgan fingerprint density at radius 3 is 1.62 bits per heavy atom. The Bertz CT molecular complexity index is 1510. The van der Waals surface area contributed by atoms with E-state index < -0.39 is 0 Å². The molecule has 0 fully saturated rings. The summed E-state index contributed by atoms with van der Waals surface area (Å²) in [5.74, 6) is 6.65. The van der Waals surface area contributed by atoms with Crippen molar-refractivity contribution in [3.8, 4) is 11.8 Å². The molecular weight excluding hydrogens is 480 g/mol. The predicted octanol–water partition coefficient (Wildman–Crippen LogP) is 11.1. The first-order valence-electron chi connectivity index (χ1n) is 14.0. The normalized spacial score (nSPS) is 13.8. The van der Waals surface area contributed by atoms with Crippen molar-refractivity contribution in [2.75, 3.05) is 0 Å². The highest BCUT2D eigenvalue weighted by Gasteiger charge is 2.02. The van der Waals surface area contributed by atoms with Gasteiger partial charge in [-0.3, -0.25) is 0 Å². The van der Waals surface area contributed by atoms with Crippen LogP contribution in [0.15, 0.2) is 113 Å². The fourth-order valence-electron chi connectivity index (χ4n) is 4.07. The molecule has 2 aromatic rings. The van der Waals surface area contributed by atoms with Crippen LogP contribution in [0.1, 0.15) is 72.2 Å². The maximum Gasteiger partial charge on any atom is 0.0309 e. The van der Waals surface area contributed by atoms with Crippen LogP contribution in [0.4, 0.5) is 0 Å². The second-order valence-corrected chi connectivity index (χ2v) is 10.7. The van der Waals surface area contributed by atoms with Crippen molar-refractivity contribution in [1.82, 2.24) is 0 Å². The highest BCUT2D eigenvalue weighted by Crippen LogP contribution is 2.20. The molecule has 0 saturated heterocycles. The lowest BCUT2D eigenvalue weighted by molar-refractivity contribution is 1.27. The van der Waals surface area contributed by atoms with Crippen LogP contribution in [0.3, 0.4) is 0 Å². The molecule has 0 unspecified atom stereocenters. The molecule has 0 aromatic heterocycles. The third-order valence-electron chi connectivity index (χ3n) is 7.10. The smallest absolute Gasteiger partial charge is 0.0309 e. The Hall–Kier alpha value is -4.08. The largest absolute Gasteiger partial charge is 0.0664 e. The highest BCUT2D eigenvalue weighted by atomic mass is 14.1. The van der Waals surface area contributed by atoms with Crippen LogP contribution >= 0.6 is 0 Å². The van der Waals surface area contributed by atoms with Crippen LogP contribution in [-0.4, -0.2) is 0 Å². The molecule has 0 aliphatic carbocycles. The second-order valence-electron chi connectivity index (χ2n) is 10.7. The van der Waals surface area contributed by atoms with Gasteiger partial charge < -0.3 is 0 Å². The molecule has 2 rings (SSSR count). The number of allylic oxidation sites excluding steroid dienone is 15. The van der Waals surface area contributed by atoms with Gasteiger partial charge in [0.15, 0.2) is 0 Å². The van der Waals surface area contributed by atoms with E-state index in [-0.39, 0.29) is 0 Å². The van der Waals surface area contributed by atoms with Gasteiger partial charge in [0.2, 0.25) is 0 Å². The third-order valence-corrected chi connectivity index (χ3v) is 7.10. The Morgan fingerprint density at radius 1 is 0.525 bits per heavy atom. The molecule has 0 bridgehead atoms. The molecule has 0 amide bonds. The molecular formula is C40H46. The van der Waals surface area contributed by atoms with Crippen molar-refractivity contribution in [3.05, 3.63) is 158 Å². The second kappa shape index (κ2) is 16.1. The summed E-state index contributed by atoms with van der Waals surface area (Å²) in [6.07, 6.45) is 25.4. The topological polar surface area (TPSA) is 0 Å². The van der Waals surface area contributed by atoms with Crippen molar-refractivity contribution in [3.63, 3.8) is 0 Å². The van der Waals surface area contributed by atoms with Gasteiger partial charge in [-0.1, -0.05) is 126 Å². The Morgan fingerprint density at radius 2 is 1.00 bits per heavy atom. The van der Waals surface area contributed by atoms with E-state index in [1.165, 1.54) is 55.7 Å². The van der Waals surface area contributed by atoms with Gasteiger partial charge in [-0.2, -0.15) is 0 Å². The SMILES string of the molecule is C\C(C#Cc1c(C)ccc(C)c1C)=C/C=C/C(C)=C/C=C/C=C(C)/C=C/C=C(C)/C=C/c1c(C)ccc(C)c1C. The molecule has 0 nitrogen and oxygen atoms in total. The number of rotatable bonds is 8. The van der Waals surface area contributed by atoms with E-state index in [9.17, 15) is 0 Å². The summed E-state index contributed by atoms with van der Waals surface area (Å²) in [6.45, 7) is 21.3. The maximum absolute atomic E-state index is 3.35. The summed E-state index contributed by atoms with van der Waals surface area (Å²) >= 11 is 0. The fourth-order valence-corrected chi connectivity index (χ4v) is 4.07. The molecule has 0 aliphatic rings. The van der Waals surface area contributed by atoms with E-state index in [2.05, 4.69) is 178 Å². The third kappa shape index (κ3) is 10.6. The first-order valence-corrected chi connectivity index (χ1v) is 14.0. The van der Waals surface area contributed by atoms with Crippen LogP contribution in [0.25, 0.3) is 6.08 Å². The molecule has 2 aromatic carbocycles. The minimum atomic E-state index is 1.05. The lowest BCUT2D eigenvalue weighted by atomic mass is 9.97. The molecule has 0 N–H and O–H groups in total. The molecule has 0 aliphatic heterocycles. The summed E-state index contributed by atoms with van der Waals surface area (Å²) in [6, 6.07) is 8.69. The zero-order chi connectivity index (χ0) is 29.7. The molecule has 0 heteroatoms. The minimum absolute atomic E-state index is 1.05. The van der Waals surface area contributed by atoms with Gasteiger partial charge in [0, 0.05) is 5.56 Å². The van der Waals surface area contributed by atoms with Gasteiger partial charge in [-0.15, -0.1) is 0 Å². The van der Waals surface area contributed by atoms with Crippen molar-refractivity contribution < 1.29 is 0 Å². The Labute approximate surface area is 244 Å². The number of aryl methyl sites for hydroxylation is 4. The summed E-state index contributed by atoms with van der Waals surface area (Å²) in [5.41, 5.74) is 14.9. The number of hydrogen-bond donors (Lipinski definition) is 0. The molecule has 206 valence electrons. The van der Waals surface area contributed by atoms with E-state index in [0.717, 1.165) is 11.1 Å². The summed E-state index contributed by atoms with van der Waals surface area (Å²) < 4.78 is 0. The van der Waals surface area contributed by atoms with Crippen molar-refractivity contribution >= 4 is 6.08 Å². The standard InChI is InChI=1S/C40H46/c1-29(17-13-19-31(3)21-27-39-35(7)25-23-33(5)37(39)9)15-11-12-16-30(2)18-14-20-32(4)22-28-40-36(8)26-24-34(6)38(40)10/h11-21,23-27H,1-10H3/b12-11+,17-13+,18-14+,27-21+,29-15+,30-16+,31-19+,32-20+. The highest BCUT2D eigenvalue weighted by molar-refractivity contribution is 5.61.